The molecule has 0 radical (unpaired) electrons. The van der Waals surface area contributed by atoms with Crippen molar-refractivity contribution < 1.29 is 158 Å². The van der Waals surface area contributed by atoms with Crippen LogP contribution < -0.4 is 166 Å². The molecule has 0 amide bonds. The molecule has 0 spiro atoms. The van der Waals surface area contributed by atoms with E-state index < -0.39 is 0 Å². The Balaban J connectivity index is -0.000000000179. The minimum Gasteiger partial charge on any atom is -1.00 e. The molecule has 0 heterocycles. The molecule has 34 valence electrons. The van der Waals surface area contributed by atoms with Gasteiger partial charge in [-0.25, -0.2) is 0 Å². The Kier molecular flexibility index (Phi) is 276. The zero-order valence-corrected chi connectivity index (χ0v) is 15.2. The second kappa shape index (κ2) is 46.4. The number of rotatable bonds is 0. The Morgan fingerprint density at radius 2 is 0.714 bits per heavy atom. The molecule has 5 heteroatoms. The average molecular weight is 182 g/mol. The normalized spacial score (nSPS) is 0.571. The summed E-state index contributed by atoms with van der Waals surface area (Å²) in [6, 6.07) is 0. The maximum Gasteiger partial charge on any atom is 1.00 e. The van der Waals surface area contributed by atoms with Crippen LogP contribution in [0, 0.1) is 0 Å². The van der Waals surface area contributed by atoms with E-state index in [1.165, 1.54) is 0 Å². The quantitative estimate of drug-likeness (QED) is 0.289. The van der Waals surface area contributed by atoms with Gasteiger partial charge in [-0.3, -0.25) is 0 Å². The molecule has 7 heavy (non-hydrogen) atoms. The summed E-state index contributed by atoms with van der Waals surface area (Å²) in [7, 11) is 0. The van der Waals surface area contributed by atoms with E-state index in [-0.39, 0.29) is 171 Å². The van der Waals surface area contributed by atoms with E-state index in [1.54, 1.807) is 0 Å². The molecular formula is C2H13K3N2. The minimum atomic E-state index is 0. The molecule has 0 aromatic rings. The molecular weight excluding hydrogens is 169 g/mol. The van der Waals surface area contributed by atoms with E-state index in [9.17, 15) is 0 Å². The maximum atomic E-state index is 3.00. The van der Waals surface area contributed by atoms with E-state index in [1.807, 2.05) is 0 Å². The van der Waals surface area contributed by atoms with Crippen LogP contribution in [0.1, 0.15) is 4.28 Å². The van der Waals surface area contributed by atoms with E-state index in [2.05, 4.69) is 13.2 Å². The predicted molar refractivity (Wildman–Crippen MR) is 24.6 cm³/mol. The molecule has 0 aromatic carbocycles. The second-order valence-electron chi connectivity index (χ2n) is 0. The largest absolute Gasteiger partial charge is 1.00 e. The third kappa shape index (κ3) is 37.2. The second-order valence-corrected chi connectivity index (χ2v) is 0. The summed E-state index contributed by atoms with van der Waals surface area (Å²) in [6.07, 6.45) is 0. The molecule has 0 bridgehead atoms. The van der Waals surface area contributed by atoms with Crippen LogP contribution in [0.25, 0.3) is 0 Å². The van der Waals surface area contributed by atoms with Crippen LogP contribution in [0.3, 0.4) is 0 Å². The fraction of sp³-hybridized carbons (Fsp3) is 0. The molecule has 6 N–H and O–H groups in total. The first kappa shape index (κ1) is 41.7. The van der Waals surface area contributed by atoms with Crippen molar-refractivity contribution in [3.05, 3.63) is 13.2 Å². The Bertz CT molecular complexity index is 19.7. The minimum absolute atomic E-state index is 0. The Labute approximate surface area is 178 Å². The van der Waals surface area contributed by atoms with Crippen LogP contribution >= 0.6 is 0 Å². The fourth-order valence-corrected chi connectivity index (χ4v) is 0. The number of hydrogen-bond donors (Lipinski definition) is 2. The van der Waals surface area contributed by atoms with Gasteiger partial charge in [-0.2, -0.15) is 0 Å². The fourth-order valence-electron chi connectivity index (χ4n) is 0. The summed E-state index contributed by atoms with van der Waals surface area (Å²) in [6.45, 7) is 6.00. The van der Waals surface area contributed by atoms with Crippen molar-refractivity contribution >= 4 is 0 Å². The van der Waals surface area contributed by atoms with Gasteiger partial charge < -0.3 is 16.6 Å². The summed E-state index contributed by atoms with van der Waals surface area (Å²) < 4.78 is 0. The van der Waals surface area contributed by atoms with Gasteiger partial charge in [-0.05, 0) is 0 Å². The van der Waals surface area contributed by atoms with Gasteiger partial charge in [0.05, 0.1) is 0 Å². The molecule has 0 aliphatic carbocycles. The van der Waals surface area contributed by atoms with Crippen LogP contribution in [-0.2, 0) is 0 Å². The zero-order chi connectivity index (χ0) is 2.00. The van der Waals surface area contributed by atoms with Crippen molar-refractivity contribution in [2.24, 2.45) is 0 Å². The first-order chi connectivity index (χ1) is 1.00. The first-order valence-corrected chi connectivity index (χ1v) is 0.500. The van der Waals surface area contributed by atoms with Crippen LogP contribution in [-0.4, -0.2) is 0 Å². The smallest absolute Gasteiger partial charge is 1.00 e. The standard InChI is InChI=1S/C2H4.3K.2H3N.3H/c1-2;;;;;;;;/h1-2H2;;;;2*1H3;;;/q;3*+1;;;3*-1. The van der Waals surface area contributed by atoms with Gasteiger partial charge in [0.15, 0.2) is 0 Å². The van der Waals surface area contributed by atoms with Crippen molar-refractivity contribution in [2.45, 2.75) is 0 Å². The van der Waals surface area contributed by atoms with E-state index >= 15 is 0 Å². The van der Waals surface area contributed by atoms with Crippen molar-refractivity contribution in [1.29, 1.82) is 0 Å². The summed E-state index contributed by atoms with van der Waals surface area (Å²) in [5.41, 5.74) is 0. The number of hydrogen-bond acceptors (Lipinski definition) is 2. The molecule has 0 saturated carbocycles. The van der Waals surface area contributed by atoms with Gasteiger partial charge in [0, 0.05) is 0 Å². The summed E-state index contributed by atoms with van der Waals surface area (Å²) >= 11 is 0. The van der Waals surface area contributed by atoms with E-state index in [4.69, 9.17) is 0 Å². The summed E-state index contributed by atoms with van der Waals surface area (Å²) in [4.78, 5) is 0. The van der Waals surface area contributed by atoms with Crippen molar-refractivity contribution in [1.82, 2.24) is 12.3 Å². The summed E-state index contributed by atoms with van der Waals surface area (Å²) in [5.74, 6) is 0. The van der Waals surface area contributed by atoms with Gasteiger partial charge >= 0.3 is 154 Å². The molecule has 0 aliphatic heterocycles. The van der Waals surface area contributed by atoms with Crippen LogP contribution in [0.15, 0.2) is 13.2 Å². The van der Waals surface area contributed by atoms with Gasteiger partial charge in [-0.1, -0.05) is 0 Å². The monoisotopic (exact) mass is 182 g/mol. The zero-order valence-electron chi connectivity index (χ0n) is 8.83. The Hall–Kier alpha value is 4.57. The van der Waals surface area contributed by atoms with Gasteiger partial charge in [0.2, 0.25) is 0 Å². The molecule has 0 saturated heterocycles. The summed E-state index contributed by atoms with van der Waals surface area (Å²) in [5, 5.41) is 0. The average Bonchev–Trinajstić information content (AvgIpc) is 1.00. The third-order valence-electron chi connectivity index (χ3n) is 0. The molecule has 0 atom stereocenters. The van der Waals surface area contributed by atoms with Crippen LogP contribution in [0.5, 0.6) is 0 Å². The van der Waals surface area contributed by atoms with E-state index in [0.717, 1.165) is 0 Å². The van der Waals surface area contributed by atoms with E-state index in [0.29, 0.717) is 0 Å². The van der Waals surface area contributed by atoms with Crippen LogP contribution in [0.4, 0.5) is 0 Å². The first-order valence-electron chi connectivity index (χ1n) is 0.500. The predicted octanol–water partition coefficient (Wildman–Crippen LogP) is -7.52. The third-order valence-corrected chi connectivity index (χ3v) is 0. The van der Waals surface area contributed by atoms with Crippen molar-refractivity contribution in [2.75, 3.05) is 0 Å². The van der Waals surface area contributed by atoms with Crippen molar-refractivity contribution in [3.63, 3.8) is 0 Å². The van der Waals surface area contributed by atoms with Gasteiger partial charge in [0.25, 0.3) is 0 Å². The van der Waals surface area contributed by atoms with Crippen LogP contribution in [0.2, 0.25) is 0 Å². The van der Waals surface area contributed by atoms with Crippen molar-refractivity contribution in [3.8, 4) is 0 Å². The maximum absolute atomic E-state index is 3.00. The molecule has 0 aliphatic rings. The Morgan fingerprint density at radius 3 is 0.714 bits per heavy atom. The Morgan fingerprint density at radius 1 is 0.714 bits per heavy atom. The SMILES string of the molecule is C=C.N.N.[H-].[H-].[H-].[K+].[K+].[K+]. The molecule has 0 rings (SSSR count). The molecule has 2 nitrogen and oxygen atoms in total. The topological polar surface area (TPSA) is 70.0 Å². The van der Waals surface area contributed by atoms with Gasteiger partial charge in [0.1, 0.15) is 0 Å². The molecule has 0 aromatic heterocycles. The van der Waals surface area contributed by atoms with Gasteiger partial charge in [-0.15, -0.1) is 13.2 Å². The molecule has 0 unspecified atom stereocenters. The molecule has 0 fully saturated rings.